The molecule has 1 aromatic rings. The van der Waals surface area contributed by atoms with Gasteiger partial charge in [-0.05, 0) is 57.7 Å². The fourth-order valence-electron chi connectivity index (χ4n) is 2.05. The molecule has 1 saturated carbocycles. The minimum atomic E-state index is 0.217. The van der Waals surface area contributed by atoms with Gasteiger partial charge in [-0.2, -0.15) is 0 Å². The smallest absolute Gasteiger partial charge is 0.0720 e. The van der Waals surface area contributed by atoms with Crippen molar-refractivity contribution in [1.29, 1.82) is 0 Å². The van der Waals surface area contributed by atoms with E-state index in [1.165, 1.54) is 18.4 Å². The maximum Gasteiger partial charge on any atom is 0.0720 e. The average Bonchev–Trinajstić information content (AvgIpc) is 3.48. The summed E-state index contributed by atoms with van der Waals surface area (Å²) in [5.74, 6) is 1.02. The molecule has 0 unspecified atom stereocenters. The van der Waals surface area contributed by atoms with Gasteiger partial charge in [-0.3, -0.25) is 0 Å². The fourth-order valence-corrected chi connectivity index (χ4v) is 2.05. The molecule has 0 amide bonds. The second-order valence-corrected chi connectivity index (χ2v) is 7.85. The maximum absolute atomic E-state index is 5.79. The van der Waals surface area contributed by atoms with Crippen LogP contribution in [0.3, 0.4) is 0 Å². The van der Waals surface area contributed by atoms with Crippen molar-refractivity contribution < 1.29 is 4.74 Å². The van der Waals surface area contributed by atoms with Crippen molar-refractivity contribution in [2.75, 3.05) is 14.1 Å². The van der Waals surface area contributed by atoms with E-state index in [0.29, 0.717) is 6.61 Å². The summed E-state index contributed by atoms with van der Waals surface area (Å²) in [6.07, 6.45) is 3.20. The zero-order valence-electron chi connectivity index (χ0n) is 19.6. The molecule has 0 bridgehead atoms. The molecule has 1 fully saturated rings. The maximum atomic E-state index is 5.79. The van der Waals surface area contributed by atoms with Crippen LogP contribution in [0.1, 0.15) is 80.7 Å². The third kappa shape index (κ3) is 13.4. The summed E-state index contributed by atoms with van der Waals surface area (Å²) in [6, 6.07) is 11.1. The van der Waals surface area contributed by atoms with E-state index in [2.05, 4.69) is 65.7 Å². The molecule has 2 rings (SSSR count). The van der Waals surface area contributed by atoms with Gasteiger partial charge < -0.3 is 9.64 Å². The van der Waals surface area contributed by atoms with Crippen LogP contribution in [-0.2, 0) is 11.3 Å². The Kier molecular flexibility index (Phi) is 16.0. The first-order chi connectivity index (χ1) is 12.2. The van der Waals surface area contributed by atoms with E-state index in [9.17, 15) is 0 Å². The summed E-state index contributed by atoms with van der Waals surface area (Å²) in [6.45, 7) is 19.7. The van der Waals surface area contributed by atoms with Crippen LogP contribution in [-0.4, -0.2) is 31.1 Å². The lowest BCUT2D eigenvalue weighted by Crippen LogP contribution is -2.26. The molecule has 1 aliphatic rings. The van der Waals surface area contributed by atoms with Gasteiger partial charge in [0.15, 0.2) is 0 Å². The van der Waals surface area contributed by atoms with Crippen LogP contribution in [0.25, 0.3) is 0 Å². The molecule has 1 aromatic carbocycles. The van der Waals surface area contributed by atoms with Crippen molar-refractivity contribution in [2.45, 2.75) is 93.9 Å². The Morgan fingerprint density at radius 3 is 1.73 bits per heavy atom. The third-order valence-electron chi connectivity index (χ3n) is 4.68. The number of benzene rings is 1. The first-order valence-corrected chi connectivity index (χ1v) is 10.5. The number of ether oxygens (including phenoxy) is 1. The molecule has 2 atom stereocenters. The van der Waals surface area contributed by atoms with Crippen molar-refractivity contribution >= 4 is 0 Å². The van der Waals surface area contributed by atoms with E-state index < -0.39 is 0 Å². The highest BCUT2D eigenvalue weighted by Gasteiger charge is 2.28. The van der Waals surface area contributed by atoms with Crippen LogP contribution in [0.4, 0.5) is 0 Å². The van der Waals surface area contributed by atoms with Gasteiger partial charge in [-0.15, -0.1) is 0 Å². The van der Waals surface area contributed by atoms with Gasteiger partial charge in [-0.25, -0.2) is 0 Å². The summed E-state index contributed by atoms with van der Waals surface area (Å²) in [4.78, 5) is 2.30. The SMILES string of the molecule is CC.CC.C[C@@H](C1CC1)N(C)C.C[C@H](OCc1ccccc1)C(C)(C)C. The predicted octanol–water partition coefficient (Wildman–Crippen LogP) is 7.04. The Morgan fingerprint density at radius 2 is 1.42 bits per heavy atom. The minimum absolute atomic E-state index is 0.217. The van der Waals surface area contributed by atoms with Gasteiger partial charge in [0.05, 0.1) is 12.7 Å². The Labute approximate surface area is 165 Å². The minimum Gasteiger partial charge on any atom is -0.373 e. The largest absolute Gasteiger partial charge is 0.373 e. The van der Waals surface area contributed by atoms with Crippen molar-refractivity contribution in [1.82, 2.24) is 4.90 Å². The van der Waals surface area contributed by atoms with Crippen LogP contribution in [0, 0.1) is 11.3 Å². The molecule has 0 aromatic heterocycles. The Balaban J connectivity index is 0. The third-order valence-corrected chi connectivity index (χ3v) is 4.68. The first-order valence-electron chi connectivity index (χ1n) is 10.5. The number of rotatable bonds is 5. The van der Waals surface area contributed by atoms with E-state index in [0.717, 1.165) is 12.0 Å². The molecule has 0 saturated heterocycles. The van der Waals surface area contributed by atoms with Gasteiger partial charge in [0.1, 0.15) is 0 Å². The van der Waals surface area contributed by atoms with Crippen LogP contribution in [0.2, 0.25) is 0 Å². The molecular formula is C24H47NO. The molecule has 1 aliphatic carbocycles. The zero-order chi connectivity index (χ0) is 20.8. The molecule has 154 valence electrons. The van der Waals surface area contributed by atoms with Crippen molar-refractivity contribution in [2.24, 2.45) is 11.3 Å². The van der Waals surface area contributed by atoms with E-state index in [1.54, 1.807) is 0 Å². The Bertz CT molecular complexity index is 402. The lowest BCUT2D eigenvalue weighted by Gasteiger charge is -2.27. The van der Waals surface area contributed by atoms with E-state index in [-0.39, 0.29) is 11.5 Å². The van der Waals surface area contributed by atoms with Gasteiger partial charge >= 0.3 is 0 Å². The summed E-state index contributed by atoms with van der Waals surface area (Å²) < 4.78 is 5.79. The first kappa shape index (κ1) is 27.4. The predicted molar refractivity (Wildman–Crippen MR) is 119 cm³/mol. The van der Waals surface area contributed by atoms with Gasteiger partial charge in [-0.1, -0.05) is 78.8 Å². The summed E-state index contributed by atoms with van der Waals surface area (Å²) in [5, 5.41) is 0. The van der Waals surface area contributed by atoms with Crippen LogP contribution >= 0.6 is 0 Å². The molecular weight excluding hydrogens is 318 g/mol. The topological polar surface area (TPSA) is 12.5 Å². The van der Waals surface area contributed by atoms with E-state index >= 15 is 0 Å². The normalized spacial score (nSPS) is 15.4. The Hall–Kier alpha value is -0.860. The molecule has 26 heavy (non-hydrogen) atoms. The number of hydrogen-bond acceptors (Lipinski definition) is 2. The van der Waals surface area contributed by atoms with Crippen molar-refractivity contribution in [3.05, 3.63) is 35.9 Å². The standard InChI is InChI=1S/C13H20O.C7H15N.2C2H6/c1-11(13(2,3)4)14-10-12-8-6-5-7-9-12;1-6(8(2)3)7-4-5-7;2*1-2/h5-9,11H,10H2,1-4H3;6-7H,4-5H2,1-3H3;2*1-2H3/t11-;6-;;/m00../s1. The van der Waals surface area contributed by atoms with Crippen LogP contribution < -0.4 is 0 Å². The molecule has 0 radical (unpaired) electrons. The molecule has 0 aliphatic heterocycles. The average molecular weight is 366 g/mol. The lowest BCUT2D eigenvalue weighted by atomic mass is 9.90. The fraction of sp³-hybridized carbons (Fsp3) is 0.750. The second-order valence-electron chi connectivity index (χ2n) is 7.85. The second kappa shape index (κ2) is 15.2. The lowest BCUT2D eigenvalue weighted by molar-refractivity contribution is -0.0153. The van der Waals surface area contributed by atoms with Gasteiger partial charge in [0, 0.05) is 6.04 Å². The van der Waals surface area contributed by atoms with Crippen LogP contribution in [0.5, 0.6) is 0 Å². The van der Waals surface area contributed by atoms with Gasteiger partial charge in [0.25, 0.3) is 0 Å². The number of hydrogen-bond donors (Lipinski definition) is 0. The Morgan fingerprint density at radius 1 is 0.962 bits per heavy atom. The highest BCUT2D eigenvalue weighted by Crippen LogP contribution is 2.34. The molecule has 0 heterocycles. The highest BCUT2D eigenvalue weighted by atomic mass is 16.5. The number of nitrogens with zero attached hydrogens (tertiary/aromatic N) is 1. The van der Waals surface area contributed by atoms with E-state index in [4.69, 9.17) is 4.74 Å². The van der Waals surface area contributed by atoms with Crippen LogP contribution in [0.15, 0.2) is 30.3 Å². The summed E-state index contributed by atoms with van der Waals surface area (Å²) in [5.41, 5.74) is 1.46. The quantitative estimate of drug-likeness (QED) is 0.555. The zero-order valence-corrected chi connectivity index (χ0v) is 19.6. The summed E-state index contributed by atoms with van der Waals surface area (Å²) >= 11 is 0. The van der Waals surface area contributed by atoms with E-state index in [1.807, 2.05) is 45.9 Å². The van der Waals surface area contributed by atoms with Crippen molar-refractivity contribution in [3.8, 4) is 0 Å². The summed E-state index contributed by atoms with van der Waals surface area (Å²) in [7, 11) is 4.31. The monoisotopic (exact) mass is 365 g/mol. The van der Waals surface area contributed by atoms with Gasteiger partial charge in [0.2, 0.25) is 0 Å². The molecule has 2 nitrogen and oxygen atoms in total. The highest BCUT2D eigenvalue weighted by molar-refractivity contribution is 5.13. The van der Waals surface area contributed by atoms with Crippen molar-refractivity contribution in [3.63, 3.8) is 0 Å². The molecule has 2 heteroatoms. The molecule has 0 N–H and O–H groups in total. The molecule has 0 spiro atoms.